The molecule has 0 atom stereocenters. The predicted molar refractivity (Wildman–Crippen MR) is 93.8 cm³/mol. The Morgan fingerprint density at radius 1 is 1.09 bits per heavy atom. The summed E-state index contributed by atoms with van der Waals surface area (Å²) in [5.41, 5.74) is 2.67. The lowest BCUT2D eigenvalue weighted by Crippen LogP contribution is -2.11. The molecule has 0 unspecified atom stereocenters. The smallest absolute Gasteiger partial charge is 0.224 e. The highest BCUT2D eigenvalue weighted by molar-refractivity contribution is 6.33. The van der Waals surface area contributed by atoms with E-state index in [1.54, 1.807) is 0 Å². The summed E-state index contributed by atoms with van der Waals surface area (Å²) < 4.78 is 0. The standard InChI is InChI=1S/C17H18Cl2N2O/c1-2-3-17(22)21-16-9-4-12(10-15(16)19)11-20-14-7-5-13(18)6-8-14/h4-10,20H,2-3,11H2,1H3,(H,21,22). The van der Waals surface area contributed by atoms with E-state index in [4.69, 9.17) is 23.2 Å². The number of amides is 1. The molecule has 5 heteroatoms. The van der Waals surface area contributed by atoms with E-state index in [0.717, 1.165) is 17.7 Å². The Labute approximate surface area is 140 Å². The fraction of sp³-hybridized carbons (Fsp3) is 0.235. The van der Waals surface area contributed by atoms with Crippen LogP contribution in [0.4, 0.5) is 11.4 Å². The van der Waals surface area contributed by atoms with Gasteiger partial charge in [0.15, 0.2) is 0 Å². The SMILES string of the molecule is CCCC(=O)Nc1ccc(CNc2ccc(Cl)cc2)cc1Cl. The van der Waals surface area contributed by atoms with Crippen LogP contribution in [0.3, 0.4) is 0 Å². The van der Waals surface area contributed by atoms with Gasteiger partial charge in [0, 0.05) is 23.7 Å². The van der Waals surface area contributed by atoms with E-state index in [-0.39, 0.29) is 5.91 Å². The zero-order valence-electron chi connectivity index (χ0n) is 12.3. The molecule has 0 fully saturated rings. The molecule has 0 spiro atoms. The van der Waals surface area contributed by atoms with E-state index in [9.17, 15) is 4.79 Å². The van der Waals surface area contributed by atoms with Gasteiger partial charge in [0.05, 0.1) is 10.7 Å². The molecule has 0 saturated heterocycles. The van der Waals surface area contributed by atoms with Crippen molar-refractivity contribution in [3.63, 3.8) is 0 Å². The topological polar surface area (TPSA) is 41.1 Å². The second-order valence-electron chi connectivity index (χ2n) is 4.97. The lowest BCUT2D eigenvalue weighted by Gasteiger charge is -2.10. The lowest BCUT2D eigenvalue weighted by atomic mass is 10.2. The zero-order valence-corrected chi connectivity index (χ0v) is 13.8. The van der Waals surface area contributed by atoms with Crippen LogP contribution in [0.25, 0.3) is 0 Å². The first-order chi connectivity index (χ1) is 10.6. The zero-order chi connectivity index (χ0) is 15.9. The molecule has 0 aliphatic rings. The van der Waals surface area contributed by atoms with Crippen molar-refractivity contribution in [2.75, 3.05) is 10.6 Å². The third-order valence-electron chi connectivity index (χ3n) is 3.13. The van der Waals surface area contributed by atoms with Crippen LogP contribution in [-0.2, 0) is 11.3 Å². The molecule has 0 saturated carbocycles. The fourth-order valence-corrected chi connectivity index (χ4v) is 2.36. The highest BCUT2D eigenvalue weighted by Crippen LogP contribution is 2.24. The second-order valence-corrected chi connectivity index (χ2v) is 5.82. The number of rotatable bonds is 6. The van der Waals surface area contributed by atoms with E-state index in [0.29, 0.717) is 28.7 Å². The lowest BCUT2D eigenvalue weighted by molar-refractivity contribution is -0.116. The summed E-state index contributed by atoms with van der Waals surface area (Å²) in [6.07, 6.45) is 1.31. The first-order valence-corrected chi connectivity index (χ1v) is 7.92. The van der Waals surface area contributed by atoms with Crippen molar-refractivity contribution in [2.24, 2.45) is 0 Å². The molecule has 0 aromatic heterocycles. The maximum Gasteiger partial charge on any atom is 0.224 e. The number of hydrogen-bond donors (Lipinski definition) is 2. The van der Waals surface area contributed by atoms with Gasteiger partial charge in [-0.15, -0.1) is 0 Å². The van der Waals surface area contributed by atoms with Crippen LogP contribution >= 0.6 is 23.2 Å². The molecule has 116 valence electrons. The summed E-state index contributed by atoms with van der Waals surface area (Å²) in [4.78, 5) is 11.6. The Balaban J connectivity index is 1.97. The minimum absolute atomic E-state index is 0.0172. The normalized spacial score (nSPS) is 10.3. The molecule has 1 amide bonds. The van der Waals surface area contributed by atoms with Crippen molar-refractivity contribution in [1.82, 2.24) is 0 Å². The first kappa shape index (κ1) is 16.7. The van der Waals surface area contributed by atoms with E-state index >= 15 is 0 Å². The molecular formula is C17H18Cl2N2O. The van der Waals surface area contributed by atoms with Crippen LogP contribution in [0.2, 0.25) is 10.0 Å². The third-order valence-corrected chi connectivity index (χ3v) is 3.69. The van der Waals surface area contributed by atoms with E-state index in [1.165, 1.54) is 0 Å². The largest absolute Gasteiger partial charge is 0.381 e. The van der Waals surface area contributed by atoms with Crippen molar-refractivity contribution in [2.45, 2.75) is 26.3 Å². The predicted octanol–water partition coefficient (Wildman–Crippen LogP) is 5.34. The number of anilines is 2. The Kier molecular flexibility index (Phi) is 6.10. The number of carbonyl (C=O) groups excluding carboxylic acids is 1. The molecular weight excluding hydrogens is 319 g/mol. The van der Waals surface area contributed by atoms with Crippen molar-refractivity contribution in [3.05, 3.63) is 58.1 Å². The number of halogens is 2. The molecule has 2 rings (SSSR count). The number of carbonyl (C=O) groups is 1. The first-order valence-electron chi connectivity index (χ1n) is 7.16. The molecule has 22 heavy (non-hydrogen) atoms. The summed E-state index contributed by atoms with van der Waals surface area (Å²) >= 11 is 12.1. The van der Waals surface area contributed by atoms with Gasteiger partial charge in [0.1, 0.15) is 0 Å². The Hall–Kier alpha value is -1.71. The highest BCUT2D eigenvalue weighted by Gasteiger charge is 2.06. The van der Waals surface area contributed by atoms with E-state index < -0.39 is 0 Å². The monoisotopic (exact) mass is 336 g/mol. The molecule has 2 aromatic rings. The van der Waals surface area contributed by atoms with Gasteiger partial charge in [-0.1, -0.05) is 36.2 Å². The molecule has 0 radical (unpaired) electrons. The summed E-state index contributed by atoms with van der Waals surface area (Å²) in [5.74, 6) is -0.0172. The van der Waals surface area contributed by atoms with Crippen LogP contribution in [0.5, 0.6) is 0 Å². The van der Waals surface area contributed by atoms with Crippen LogP contribution in [0.15, 0.2) is 42.5 Å². The van der Waals surface area contributed by atoms with E-state index in [1.807, 2.05) is 49.4 Å². The molecule has 3 nitrogen and oxygen atoms in total. The second kappa shape index (κ2) is 8.06. The van der Waals surface area contributed by atoms with Crippen molar-refractivity contribution in [3.8, 4) is 0 Å². The molecule has 0 bridgehead atoms. The Morgan fingerprint density at radius 2 is 1.82 bits per heavy atom. The van der Waals surface area contributed by atoms with Gasteiger partial charge in [-0.2, -0.15) is 0 Å². The van der Waals surface area contributed by atoms with Crippen LogP contribution in [0.1, 0.15) is 25.3 Å². The van der Waals surface area contributed by atoms with Gasteiger partial charge >= 0.3 is 0 Å². The summed E-state index contributed by atoms with van der Waals surface area (Å²) in [6.45, 7) is 2.61. The van der Waals surface area contributed by atoms with Crippen molar-refractivity contribution in [1.29, 1.82) is 0 Å². The molecule has 2 aromatic carbocycles. The Morgan fingerprint density at radius 3 is 2.45 bits per heavy atom. The number of nitrogens with one attached hydrogen (secondary N) is 2. The van der Waals surface area contributed by atoms with Gasteiger partial charge < -0.3 is 10.6 Å². The van der Waals surface area contributed by atoms with Gasteiger partial charge in [-0.25, -0.2) is 0 Å². The number of benzene rings is 2. The molecule has 0 heterocycles. The minimum Gasteiger partial charge on any atom is -0.381 e. The molecule has 0 aliphatic carbocycles. The van der Waals surface area contributed by atoms with Gasteiger partial charge in [0.25, 0.3) is 0 Å². The van der Waals surface area contributed by atoms with Gasteiger partial charge in [-0.3, -0.25) is 4.79 Å². The van der Waals surface area contributed by atoms with Crippen molar-refractivity contribution >= 4 is 40.5 Å². The summed E-state index contributed by atoms with van der Waals surface area (Å²) in [7, 11) is 0. The fourth-order valence-electron chi connectivity index (χ4n) is 1.98. The third kappa shape index (κ3) is 4.93. The average Bonchev–Trinajstić information content (AvgIpc) is 2.49. The van der Waals surface area contributed by atoms with Crippen molar-refractivity contribution < 1.29 is 4.79 Å². The quantitative estimate of drug-likeness (QED) is 0.747. The van der Waals surface area contributed by atoms with E-state index in [2.05, 4.69) is 10.6 Å². The summed E-state index contributed by atoms with van der Waals surface area (Å²) in [5, 5.41) is 7.35. The summed E-state index contributed by atoms with van der Waals surface area (Å²) in [6, 6.07) is 13.1. The number of hydrogen-bond acceptors (Lipinski definition) is 2. The van der Waals surface area contributed by atoms with Crippen LogP contribution < -0.4 is 10.6 Å². The average molecular weight is 337 g/mol. The minimum atomic E-state index is -0.0172. The Bertz CT molecular complexity index is 642. The van der Waals surface area contributed by atoms with Crippen LogP contribution in [0, 0.1) is 0 Å². The highest BCUT2D eigenvalue weighted by atomic mass is 35.5. The van der Waals surface area contributed by atoms with Gasteiger partial charge in [0.2, 0.25) is 5.91 Å². The van der Waals surface area contributed by atoms with Gasteiger partial charge in [-0.05, 0) is 48.4 Å². The maximum absolute atomic E-state index is 11.6. The molecule has 0 aliphatic heterocycles. The molecule has 2 N–H and O–H groups in total. The maximum atomic E-state index is 11.6. The van der Waals surface area contributed by atoms with Crippen LogP contribution in [-0.4, -0.2) is 5.91 Å².